The molecular formula is C9H12BrNOS. The standard InChI is InChI=1S/C9H12BrNOS/c1-2-13(12)6-7-3-4-8(10)5-9(7)11/h3-5H,2,6,11H2,1H3. The first-order valence-electron chi connectivity index (χ1n) is 4.02. The first-order chi connectivity index (χ1) is 6.13. The summed E-state index contributed by atoms with van der Waals surface area (Å²) in [5.74, 6) is 1.23. The third-order valence-electron chi connectivity index (χ3n) is 1.75. The molecule has 1 atom stereocenters. The third kappa shape index (κ3) is 3.12. The van der Waals surface area contributed by atoms with E-state index in [1.165, 1.54) is 0 Å². The fourth-order valence-corrected chi connectivity index (χ4v) is 2.17. The molecule has 0 aromatic heterocycles. The van der Waals surface area contributed by atoms with Gasteiger partial charge < -0.3 is 5.73 Å². The SMILES string of the molecule is CCS(=O)Cc1ccc(Br)cc1N. The number of hydrogen-bond acceptors (Lipinski definition) is 2. The first kappa shape index (κ1) is 10.7. The van der Waals surface area contributed by atoms with Crippen LogP contribution >= 0.6 is 15.9 Å². The molecule has 0 aliphatic rings. The largest absolute Gasteiger partial charge is 0.398 e. The predicted octanol–water partition coefficient (Wildman–Crippen LogP) is 2.30. The Morgan fingerprint density at radius 3 is 2.77 bits per heavy atom. The number of anilines is 1. The van der Waals surface area contributed by atoms with E-state index in [-0.39, 0.29) is 0 Å². The van der Waals surface area contributed by atoms with Gasteiger partial charge in [0.25, 0.3) is 0 Å². The Morgan fingerprint density at radius 1 is 1.54 bits per heavy atom. The van der Waals surface area contributed by atoms with Crippen LogP contribution in [0, 0.1) is 0 Å². The average Bonchev–Trinajstić information content (AvgIpc) is 2.09. The van der Waals surface area contributed by atoms with Gasteiger partial charge in [0.15, 0.2) is 0 Å². The van der Waals surface area contributed by atoms with Crippen LogP contribution in [0.4, 0.5) is 5.69 Å². The molecule has 2 N–H and O–H groups in total. The summed E-state index contributed by atoms with van der Waals surface area (Å²) in [6.45, 7) is 1.91. The lowest BCUT2D eigenvalue weighted by Gasteiger charge is -2.04. The van der Waals surface area contributed by atoms with Crippen LogP contribution in [0.15, 0.2) is 22.7 Å². The number of hydrogen-bond donors (Lipinski definition) is 1. The van der Waals surface area contributed by atoms with Crippen molar-refractivity contribution in [2.75, 3.05) is 11.5 Å². The van der Waals surface area contributed by atoms with Crippen molar-refractivity contribution in [1.82, 2.24) is 0 Å². The number of nitrogens with two attached hydrogens (primary N) is 1. The molecule has 0 aliphatic heterocycles. The topological polar surface area (TPSA) is 43.1 Å². The lowest BCUT2D eigenvalue weighted by molar-refractivity contribution is 0.683. The summed E-state index contributed by atoms with van der Waals surface area (Å²) < 4.78 is 12.2. The fourth-order valence-electron chi connectivity index (χ4n) is 0.973. The normalized spacial score (nSPS) is 12.8. The molecule has 1 aromatic carbocycles. The van der Waals surface area contributed by atoms with Gasteiger partial charge in [-0.15, -0.1) is 0 Å². The zero-order valence-electron chi connectivity index (χ0n) is 7.42. The van der Waals surface area contributed by atoms with E-state index in [1.54, 1.807) is 0 Å². The van der Waals surface area contributed by atoms with Crippen LogP contribution in [0.1, 0.15) is 12.5 Å². The molecule has 0 aliphatic carbocycles. The second kappa shape index (κ2) is 4.77. The van der Waals surface area contributed by atoms with Crippen LogP contribution in [-0.4, -0.2) is 9.96 Å². The van der Waals surface area contributed by atoms with Crippen molar-refractivity contribution in [2.24, 2.45) is 0 Å². The van der Waals surface area contributed by atoms with Crippen molar-refractivity contribution >= 4 is 32.4 Å². The average molecular weight is 262 g/mol. The highest BCUT2D eigenvalue weighted by Gasteiger charge is 2.03. The van der Waals surface area contributed by atoms with Gasteiger partial charge in [0.05, 0.1) is 5.75 Å². The van der Waals surface area contributed by atoms with Gasteiger partial charge in [0.2, 0.25) is 0 Å². The minimum atomic E-state index is -0.790. The highest BCUT2D eigenvalue weighted by molar-refractivity contribution is 9.10. The zero-order valence-corrected chi connectivity index (χ0v) is 9.82. The van der Waals surface area contributed by atoms with Crippen molar-refractivity contribution in [2.45, 2.75) is 12.7 Å². The molecule has 0 amide bonds. The van der Waals surface area contributed by atoms with Gasteiger partial charge in [0.1, 0.15) is 0 Å². The summed E-state index contributed by atoms with van der Waals surface area (Å²) in [4.78, 5) is 0. The molecule has 0 spiro atoms. The molecule has 0 heterocycles. The molecule has 0 fully saturated rings. The van der Waals surface area contributed by atoms with Crippen LogP contribution in [-0.2, 0) is 16.6 Å². The lowest BCUT2D eigenvalue weighted by atomic mass is 10.2. The van der Waals surface area contributed by atoms with Gasteiger partial charge >= 0.3 is 0 Å². The molecule has 0 saturated heterocycles. The van der Waals surface area contributed by atoms with Crippen molar-refractivity contribution in [3.8, 4) is 0 Å². The molecule has 72 valence electrons. The molecule has 2 nitrogen and oxygen atoms in total. The number of nitrogen functional groups attached to an aromatic ring is 1. The van der Waals surface area contributed by atoms with E-state index in [1.807, 2.05) is 25.1 Å². The van der Waals surface area contributed by atoms with E-state index in [9.17, 15) is 4.21 Å². The van der Waals surface area contributed by atoms with Crippen LogP contribution < -0.4 is 5.73 Å². The van der Waals surface area contributed by atoms with Crippen molar-refractivity contribution in [3.05, 3.63) is 28.2 Å². The van der Waals surface area contributed by atoms with E-state index in [0.717, 1.165) is 10.0 Å². The summed E-state index contributed by atoms with van der Waals surface area (Å²) >= 11 is 3.32. The molecule has 0 radical (unpaired) electrons. The zero-order chi connectivity index (χ0) is 9.84. The number of rotatable bonds is 3. The van der Waals surface area contributed by atoms with Gasteiger partial charge in [-0.25, -0.2) is 0 Å². The molecule has 4 heteroatoms. The Morgan fingerprint density at radius 2 is 2.23 bits per heavy atom. The van der Waals surface area contributed by atoms with Crippen LogP contribution in [0.2, 0.25) is 0 Å². The second-order valence-electron chi connectivity index (χ2n) is 2.72. The monoisotopic (exact) mass is 261 g/mol. The maximum absolute atomic E-state index is 11.3. The van der Waals surface area contributed by atoms with E-state index in [2.05, 4.69) is 15.9 Å². The minimum Gasteiger partial charge on any atom is -0.398 e. The maximum Gasteiger partial charge on any atom is 0.0505 e. The Balaban J connectivity index is 2.83. The van der Waals surface area contributed by atoms with E-state index < -0.39 is 10.8 Å². The fraction of sp³-hybridized carbons (Fsp3) is 0.333. The number of benzene rings is 1. The summed E-state index contributed by atoms with van der Waals surface area (Å²) in [6, 6.07) is 5.66. The first-order valence-corrected chi connectivity index (χ1v) is 6.30. The molecule has 1 aromatic rings. The highest BCUT2D eigenvalue weighted by Crippen LogP contribution is 2.19. The van der Waals surface area contributed by atoms with E-state index in [4.69, 9.17) is 5.73 Å². The molecule has 0 saturated carbocycles. The van der Waals surface area contributed by atoms with Crippen molar-refractivity contribution in [3.63, 3.8) is 0 Å². The van der Waals surface area contributed by atoms with E-state index in [0.29, 0.717) is 17.2 Å². The van der Waals surface area contributed by atoms with Crippen LogP contribution in [0.3, 0.4) is 0 Å². The molecule has 1 unspecified atom stereocenters. The Kier molecular flexibility index (Phi) is 3.93. The predicted molar refractivity (Wildman–Crippen MR) is 60.9 cm³/mol. The van der Waals surface area contributed by atoms with Gasteiger partial charge in [0, 0.05) is 26.7 Å². The summed E-state index contributed by atoms with van der Waals surface area (Å²) in [5.41, 5.74) is 7.43. The van der Waals surface area contributed by atoms with Crippen molar-refractivity contribution < 1.29 is 4.21 Å². The van der Waals surface area contributed by atoms with Crippen molar-refractivity contribution in [1.29, 1.82) is 0 Å². The van der Waals surface area contributed by atoms with E-state index >= 15 is 0 Å². The molecular weight excluding hydrogens is 250 g/mol. The third-order valence-corrected chi connectivity index (χ3v) is 3.52. The van der Waals surface area contributed by atoms with Crippen LogP contribution in [0.5, 0.6) is 0 Å². The molecule has 1 rings (SSSR count). The number of halogens is 1. The quantitative estimate of drug-likeness (QED) is 0.849. The summed E-state index contributed by atoms with van der Waals surface area (Å²) in [6.07, 6.45) is 0. The lowest BCUT2D eigenvalue weighted by Crippen LogP contribution is -2.01. The van der Waals surface area contributed by atoms with Gasteiger partial charge in [-0.2, -0.15) is 0 Å². The van der Waals surface area contributed by atoms with Crippen LogP contribution in [0.25, 0.3) is 0 Å². The van der Waals surface area contributed by atoms with Gasteiger partial charge in [-0.05, 0) is 17.7 Å². The summed E-state index contributed by atoms with van der Waals surface area (Å²) in [5, 5.41) is 0. The minimum absolute atomic E-state index is 0.551. The second-order valence-corrected chi connectivity index (χ2v) is 5.38. The molecule has 13 heavy (non-hydrogen) atoms. The Labute approximate surface area is 89.1 Å². The van der Waals surface area contributed by atoms with Gasteiger partial charge in [-0.1, -0.05) is 28.9 Å². The summed E-state index contributed by atoms with van der Waals surface area (Å²) in [7, 11) is -0.790. The molecule has 0 bridgehead atoms. The highest BCUT2D eigenvalue weighted by atomic mass is 79.9. The maximum atomic E-state index is 11.3. The Hall–Kier alpha value is -0.350. The smallest absolute Gasteiger partial charge is 0.0505 e. The van der Waals surface area contributed by atoms with Gasteiger partial charge in [-0.3, -0.25) is 4.21 Å². The Bertz CT molecular complexity index is 327.